The van der Waals surface area contributed by atoms with E-state index in [1.54, 1.807) is 0 Å². The van der Waals surface area contributed by atoms with Crippen molar-refractivity contribution in [2.45, 2.75) is 0 Å². The summed E-state index contributed by atoms with van der Waals surface area (Å²) in [6.07, 6.45) is 0. The van der Waals surface area contributed by atoms with E-state index in [-0.39, 0.29) is 0 Å². The van der Waals surface area contributed by atoms with Gasteiger partial charge in [-0.2, -0.15) is 0 Å². The minimum atomic E-state index is 1.23. The minimum Gasteiger partial charge on any atom is -0.0622 e. The summed E-state index contributed by atoms with van der Waals surface area (Å²) in [5, 5.41) is 12.8. The van der Waals surface area contributed by atoms with E-state index >= 15 is 0 Å². The number of rotatable bonds is 4. The van der Waals surface area contributed by atoms with Crippen molar-refractivity contribution in [3.8, 4) is 44.5 Å². The van der Waals surface area contributed by atoms with Gasteiger partial charge in [0.2, 0.25) is 0 Å². The first-order valence-corrected chi connectivity index (χ1v) is 17.3. The van der Waals surface area contributed by atoms with Crippen LogP contribution in [0.1, 0.15) is 0 Å². The van der Waals surface area contributed by atoms with E-state index in [9.17, 15) is 0 Å². The Morgan fingerprint density at radius 3 is 0.600 bits per heavy atom. The molecule has 10 aromatic carbocycles. The fourth-order valence-corrected chi connectivity index (χ4v) is 8.01. The summed E-state index contributed by atoms with van der Waals surface area (Å²) in [7, 11) is 0. The largest absolute Gasteiger partial charge is 0.0622 e. The van der Waals surface area contributed by atoms with Gasteiger partial charge in [-0.3, -0.25) is 0 Å². The second kappa shape index (κ2) is 11.6. The fourth-order valence-electron chi connectivity index (χ4n) is 8.01. The van der Waals surface area contributed by atoms with E-state index in [1.165, 1.54) is 98.4 Å². The molecule has 0 aliphatic heterocycles. The monoisotopic (exact) mass is 632 g/mol. The maximum atomic E-state index is 2.43. The molecule has 0 saturated heterocycles. The first-order chi connectivity index (χ1) is 24.8. The van der Waals surface area contributed by atoms with Crippen LogP contribution >= 0.6 is 0 Å². The lowest BCUT2D eigenvalue weighted by Gasteiger charge is -2.19. The maximum Gasteiger partial charge on any atom is -0.00134 e. The van der Waals surface area contributed by atoms with Crippen molar-refractivity contribution in [2.75, 3.05) is 0 Å². The smallest absolute Gasteiger partial charge is 0.00134 e. The van der Waals surface area contributed by atoms with Crippen molar-refractivity contribution in [2.24, 2.45) is 0 Å². The van der Waals surface area contributed by atoms with Crippen LogP contribution in [-0.4, -0.2) is 0 Å². The normalized spacial score (nSPS) is 11.6. The molecule has 232 valence electrons. The highest BCUT2D eigenvalue weighted by Crippen LogP contribution is 2.47. The molecule has 0 nitrogen and oxygen atoms in total. The lowest BCUT2D eigenvalue weighted by atomic mass is 9.84. The molecule has 10 aromatic rings. The lowest BCUT2D eigenvalue weighted by molar-refractivity contribution is 1.64. The van der Waals surface area contributed by atoms with Gasteiger partial charge < -0.3 is 0 Å². The molecular formula is C50H32. The molecule has 10 rings (SSSR count). The van der Waals surface area contributed by atoms with E-state index in [2.05, 4.69) is 194 Å². The van der Waals surface area contributed by atoms with E-state index in [0.717, 1.165) is 0 Å². The van der Waals surface area contributed by atoms with Crippen LogP contribution in [0.2, 0.25) is 0 Å². The molecule has 0 unspecified atom stereocenters. The van der Waals surface area contributed by atoms with Crippen LogP contribution in [0.4, 0.5) is 0 Å². The van der Waals surface area contributed by atoms with E-state index in [1.807, 2.05) is 0 Å². The quantitative estimate of drug-likeness (QED) is 0.169. The van der Waals surface area contributed by atoms with Crippen LogP contribution in [0.25, 0.3) is 98.4 Å². The Labute approximate surface area is 291 Å². The molecule has 0 radical (unpaired) electrons. The van der Waals surface area contributed by atoms with Gasteiger partial charge in [-0.15, -0.1) is 0 Å². The van der Waals surface area contributed by atoms with Crippen molar-refractivity contribution >= 4 is 53.9 Å². The van der Waals surface area contributed by atoms with E-state index < -0.39 is 0 Å². The van der Waals surface area contributed by atoms with Gasteiger partial charge in [0.15, 0.2) is 0 Å². The Bertz CT molecular complexity index is 2470. The van der Waals surface area contributed by atoms with Gasteiger partial charge in [0, 0.05) is 0 Å². The summed E-state index contributed by atoms with van der Waals surface area (Å²) < 4.78 is 0. The molecule has 0 spiro atoms. The summed E-state index contributed by atoms with van der Waals surface area (Å²) in [6.45, 7) is 0. The second-order valence-electron chi connectivity index (χ2n) is 13.3. The zero-order valence-electron chi connectivity index (χ0n) is 27.5. The van der Waals surface area contributed by atoms with E-state index in [0.29, 0.717) is 0 Å². The highest BCUT2D eigenvalue weighted by atomic mass is 14.2. The van der Waals surface area contributed by atoms with Gasteiger partial charge in [0.1, 0.15) is 0 Å². The molecule has 0 aliphatic rings. The summed E-state index contributed by atoms with van der Waals surface area (Å²) >= 11 is 0. The predicted octanol–water partition coefficient (Wildman–Crippen LogP) is 14.1. The maximum absolute atomic E-state index is 2.43. The fraction of sp³-hybridized carbons (Fsp3) is 0. The van der Waals surface area contributed by atoms with Crippen molar-refractivity contribution in [3.63, 3.8) is 0 Å². The van der Waals surface area contributed by atoms with Crippen molar-refractivity contribution < 1.29 is 0 Å². The van der Waals surface area contributed by atoms with Crippen LogP contribution in [-0.2, 0) is 0 Å². The van der Waals surface area contributed by atoms with Gasteiger partial charge in [0.05, 0.1) is 0 Å². The zero-order valence-corrected chi connectivity index (χ0v) is 27.5. The van der Waals surface area contributed by atoms with Crippen LogP contribution in [0, 0.1) is 0 Å². The van der Waals surface area contributed by atoms with Gasteiger partial charge in [-0.25, -0.2) is 0 Å². The van der Waals surface area contributed by atoms with E-state index in [4.69, 9.17) is 0 Å². The third-order valence-electron chi connectivity index (χ3n) is 10.4. The van der Waals surface area contributed by atoms with Crippen LogP contribution in [0.5, 0.6) is 0 Å². The van der Waals surface area contributed by atoms with Crippen LogP contribution in [0.3, 0.4) is 0 Å². The van der Waals surface area contributed by atoms with Gasteiger partial charge >= 0.3 is 0 Å². The van der Waals surface area contributed by atoms with Crippen molar-refractivity contribution in [1.29, 1.82) is 0 Å². The predicted molar refractivity (Wildman–Crippen MR) is 216 cm³/mol. The van der Waals surface area contributed by atoms with Crippen molar-refractivity contribution in [3.05, 3.63) is 194 Å². The second-order valence-corrected chi connectivity index (χ2v) is 13.3. The highest BCUT2D eigenvalue weighted by molar-refractivity contribution is 6.40. The molecule has 50 heavy (non-hydrogen) atoms. The average Bonchev–Trinajstić information content (AvgIpc) is 3.21. The average molecular weight is 633 g/mol. The van der Waals surface area contributed by atoms with Crippen molar-refractivity contribution in [1.82, 2.24) is 0 Å². The lowest BCUT2D eigenvalue weighted by Crippen LogP contribution is -1.91. The molecule has 0 amide bonds. The number of hydrogen-bond donors (Lipinski definition) is 0. The molecular weight excluding hydrogens is 601 g/mol. The summed E-state index contributed by atoms with van der Waals surface area (Å²) in [5.41, 5.74) is 9.81. The van der Waals surface area contributed by atoms with Crippen LogP contribution < -0.4 is 0 Å². The Morgan fingerprint density at radius 1 is 0.160 bits per heavy atom. The Kier molecular flexibility index (Phi) is 6.60. The summed E-state index contributed by atoms with van der Waals surface area (Å²) in [6, 6.07) is 71.4. The summed E-state index contributed by atoms with van der Waals surface area (Å²) in [5.74, 6) is 0. The number of benzene rings is 10. The molecule has 0 heteroatoms. The van der Waals surface area contributed by atoms with Gasteiger partial charge in [0.25, 0.3) is 0 Å². The Morgan fingerprint density at radius 2 is 0.380 bits per heavy atom. The summed E-state index contributed by atoms with van der Waals surface area (Å²) in [4.78, 5) is 0. The molecule has 0 aliphatic carbocycles. The standard InChI is InChI=1S/C50H32/c1-5-13-33(14-6-1)37-21-25-41-42-26-22-39(35-17-9-3-10-18-35)31-47(42)50-48-32-40(36-19-11-4-12-20-36)24-28-44(48)43-27-23-38(34-15-7-2-8-16-34)30-46(43)49(50)45(41)29-37/h1-32H. The van der Waals surface area contributed by atoms with Crippen LogP contribution in [0.15, 0.2) is 194 Å². The third kappa shape index (κ3) is 4.61. The minimum absolute atomic E-state index is 1.23. The molecule has 0 fully saturated rings. The highest BCUT2D eigenvalue weighted by Gasteiger charge is 2.19. The Hall–Kier alpha value is -6.50. The Balaban J connectivity index is 1.44. The van der Waals surface area contributed by atoms with Gasteiger partial charge in [-0.05, 0) is 123 Å². The topological polar surface area (TPSA) is 0 Å². The molecule has 0 aromatic heterocycles. The SMILES string of the molecule is c1ccc(-c2ccc3c4ccc(-c5ccccc5)cc4c4c5cc(-c6ccccc6)ccc5c5ccc(-c6ccccc6)cc5c4c3c2)cc1. The van der Waals surface area contributed by atoms with Gasteiger partial charge in [-0.1, -0.05) is 170 Å². The molecule has 0 heterocycles. The number of hydrogen-bond acceptors (Lipinski definition) is 0. The molecule has 0 saturated carbocycles. The molecule has 0 atom stereocenters. The molecule has 0 bridgehead atoms. The zero-order chi connectivity index (χ0) is 33.0. The molecule has 0 N–H and O–H groups in total. The first-order valence-electron chi connectivity index (χ1n) is 17.3. The third-order valence-corrected chi connectivity index (χ3v) is 10.4. The number of fused-ring (bicyclic) bond motifs is 11. The first kappa shape index (κ1) is 28.5.